The number of aromatic carboxylic acids is 1. The molecule has 1 aliphatic carbocycles. The maximum atomic E-state index is 12.4. The number of guanidine groups is 1. The van der Waals surface area contributed by atoms with E-state index in [1.165, 1.54) is 6.07 Å². The van der Waals surface area contributed by atoms with Gasteiger partial charge in [0.25, 0.3) is 0 Å². The van der Waals surface area contributed by atoms with E-state index in [2.05, 4.69) is 10.6 Å². The van der Waals surface area contributed by atoms with Gasteiger partial charge in [-0.2, -0.15) is 0 Å². The van der Waals surface area contributed by atoms with E-state index in [-0.39, 0.29) is 29.2 Å². The Morgan fingerprint density at radius 3 is 2.62 bits per heavy atom. The van der Waals surface area contributed by atoms with Gasteiger partial charge in [-0.1, -0.05) is 12.1 Å². The first-order chi connectivity index (χ1) is 13.8. The fraction of sp³-hybridized carbons (Fsp3) is 0.526. The van der Waals surface area contributed by atoms with Crippen LogP contribution in [-0.4, -0.2) is 47.1 Å². The van der Waals surface area contributed by atoms with Crippen molar-refractivity contribution in [2.45, 2.75) is 56.9 Å². The number of para-hydroxylation sites is 1. The number of benzene rings is 1. The number of hydrogen-bond donors (Lipinski definition) is 6. The van der Waals surface area contributed by atoms with E-state index in [1.807, 2.05) is 0 Å². The minimum absolute atomic E-state index is 0.00110. The summed E-state index contributed by atoms with van der Waals surface area (Å²) < 4.78 is 5.40. The third kappa shape index (κ3) is 5.41. The van der Waals surface area contributed by atoms with Crippen molar-refractivity contribution in [1.29, 1.82) is 5.41 Å². The highest BCUT2D eigenvalue weighted by molar-refractivity contribution is 6.47. The third-order valence-electron chi connectivity index (χ3n) is 5.68. The molecular weight excluding hydrogens is 375 g/mol. The van der Waals surface area contributed by atoms with Crippen molar-refractivity contribution in [2.75, 3.05) is 0 Å². The Bertz CT molecular complexity index is 782. The Morgan fingerprint density at radius 1 is 1.24 bits per heavy atom. The average Bonchev–Trinajstić information content (AvgIpc) is 2.67. The van der Waals surface area contributed by atoms with Crippen LogP contribution in [-0.2, 0) is 11.2 Å². The number of nitrogens with two attached hydrogens (primary N) is 1. The van der Waals surface area contributed by atoms with Gasteiger partial charge in [0.2, 0.25) is 5.91 Å². The maximum Gasteiger partial charge on any atom is 0.547 e. The highest BCUT2D eigenvalue weighted by atomic mass is 16.5. The van der Waals surface area contributed by atoms with E-state index in [0.29, 0.717) is 24.3 Å². The monoisotopic (exact) mass is 402 g/mol. The molecule has 2 aliphatic rings. The molecule has 3 rings (SSSR count). The van der Waals surface area contributed by atoms with Gasteiger partial charge >= 0.3 is 13.1 Å². The highest BCUT2D eigenvalue weighted by Gasteiger charge is 2.37. The van der Waals surface area contributed by atoms with Crippen LogP contribution in [0.5, 0.6) is 5.75 Å². The van der Waals surface area contributed by atoms with Gasteiger partial charge < -0.3 is 31.2 Å². The van der Waals surface area contributed by atoms with Crippen LogP contribution in [0.15, 0.2) is 18.2 Å². The normalized spacial score (nSPS) is 23.5. The van der Waals surface area contributed by atoms with Crippen molar-refractivity contribution in [1.82, 2.24) is 10.6 Å². The van der Waals surface area contributed by atoms with Gasteiger partial charge in [0, 0.05) is 12.5 Å². The van der Waals surface area contributed by atoms with Crippen LogP contribution in [0.3, 0.4) is 0 Å². The van der Waals surface area contributed by atoms with Crippen LogP contribution in [0.25, 0.3) is 0 Å². The number of fused-ring (bicyclic) bond motifs is 1. The molecule has 1 amide bonds. The molecule has 1 fully saturated rings. The van der Waals surface area contributed by atoms with Gasteiger partial charge in [0.15, 0.2) is 5.96 Å². The van der Waals surface area contributed by atoms with Crippen molar-refractivity contribution in [3.8, 4) is 5.75 Å². The molecular formula is C19H27BN4O5. The van der Waals surface area contributed by atoms with E-state index in [0.717, 1.165) is 32.1 Å². The standard InChI is InChI=1S/C19H27BN4O5/c21-19(22)23-13-7-4-11(5-8-13)6-9-16(25)24-15-10-12-2-1-3-14(18(26)27)17(12)29-20(15)28/h1-3,11,13,15,28H,4-10H2,(H,24,25)(H,26,27)(H4,21,22,23)/t11-,13-,15-/m0/s1. The second-order valence-electron chi connectivity index (χ2n) is 7.80. The number of carboxylic acids is 1. The smallest absolute Gasteiger partial charge is 0.534 e. The lowest BCUT2D eigenvalue weighted by Crippen LogP contribution is -2.53. The first-order valence-corrected chi connectivity index (χ1v) is 9.93. The topological polar surface area (TPSA) is 158 Å². The summed E-state index contributed by atoms with van der Waals surface area (Å²) >= 11 is 0. The van der Waals surface area contributed by atoms with Gasteiger partial charge in [-0.3, -0.25) is 10.2 Å². The molecule has 0 spiro atoms. The van der Waals surface area contributed by atoms with E-state index in [9.17, 15) is 19.7 Å². The maximum absolute atomic E-state index is 12.4. The molecule has 1 atom stereocenters. The fourth-order valence-electron chi connectivity index (χ4n) is 4.15. The number of amides is 1. The Hall–Kier alpha value is -2.75. The van der Waals surface area contributed by atoms with Crippen molar-refractivity contribution in [3.63, 3.8) is 0 Å². The molecule has 1 saturated carbocycles. The van der Waals surface area contributed by atoms with Crippen molar-refractivity contribution < 1.29 is 24.4 Å². The second kappa shape index (κ2) is 9.17. The summed E-state index contributed by atoms with van der Waals surface area (Å²) in [4.78, 5) is 23.7. The first kappa shape index (κ1) is 21.0. The van der Waals surface area contributed by atoms with Crippen LogP contribution in [0.1, 0.15) is 54.4 Å². The molecule has 0 radical (unpaired) electrons. The number of rotatable bonds is 6. The predicted molar refractivity (Wildman–Crippen MR) is 108 cm³/mol. The number of hydrogen-bond acceptors (Lipinski definition) is 5. The Labute approximate surface area is 169 Å². The summed E-state index contributed by atoms with van der Waals surface area (Å²) in [7, 11) is -1.29. The number of nitrogens with one attached hydrogen (secondary N) is 3. The lowest BCUT2D eigenvalue weighted by atomic mass is 9.72. The van der Waals surface area contributed by atoms with Gasteiger partial charge in [-0.05, 0) is 56.1 Å². The second-order valence-corrected chi connectivity index (χ2v) is 7.80. The van der Waals surface area contributed by atoms with Crippen LogP contribution >= 0.6 is 0 Å². The summed E-state index contributed by atoms with van der Waals surface area (Å²) in [5, 5.41) is 32.5. The summed E-state index contributed by atoms with van der Waals surface area (Å²) in [6, 6.07) is 5.02. The highest BCUT2D eigenvalue weighted by Crippen LogP contribution is 2.30. The van der Waals surface area contributed by atoms with E-state index < -0.39 is 19.0 Å². The third-order valence-corrected chi connectivity index (χ3v) is 5.68. The Morgan fingerprint density at radius 2 is 1.97 bits per heavy atom. The predicted octanol–water partition coefficient (Wildman–Crippen LogP) is 0.646. The molecule has 0 saturated heterocycles. The van der Waals surface area contributed by atoms with E-state index in [4.69, 9.17) is 15.8 Å². The zero-order chi connectivity index (χ0) is 21.0. The van der Waals surface area contributed by atoms with Gasteiger partial charge in [-0.25, -0.2) is 4.79 Å². The molecule has 1 aromatic rings. The number of carboxylic acid groups (broad SMARTS) is 1. The fourth-order valence-corrected chi connectivity index (χ4v) is 4.15. The average molecular weight is 402 g/mol. The summed E-state index contributed by atoms with van der Waals surface area (Å²) in [5.41, 5.74) is 6.02. The zero-order valence-corrected chi connectivity index (χ0v) is 16.2. The number of carbonyl (C=O) groups excluding carboxylic acids is 1. The van der Waals surface area contributed by atoms with Gasteiger partial charge in [0.05, 0.1) is 11.5 Å². The van der Waals surface area contributed by atoms with Crippen molar-refractivity contribution in [3.05, 3.63) is 29.3 Å². The molecule has 0 bridgehead atoms. The summed E-state index contributed by atoms with van der Waals surface area (Å²) in [6.07, 6.45) is 5.28. The SMILES string of the molecule is N=C(N)N[C@H]1CC[C@H](CCC(=O)N[C@H]2Cc3cccc(C(=O)O)c3OB2O)CC1. The summed E-state index contributed by atoms with van der Waals surface area (Å²) in [5.74, 6) is -1.28. The minimum atomic E-state index is -1.29. The lowest BCUT2D eigenvalue weighted by Gasteiger charge is -2.30. The van der Waals surface area contributed by atoms with Crippen LogP contribution < -0.4 is 21.0 Å². The molecule has 29 heavy (non-hydrogen) atoms. The van der Waals surface area contributed by atoms with Crippen molar-refractivity contribution >= 4 is 25.0 Å². The molecule has 1 aliphatic heterocycles. The molecule has 1 aromatic carbocycles. The quantitative estimate of drug-likeness (QED) is 0.232. The Kier molecular flexibility index (Phi) is 6.63. The minimum Gasteiger partial charge on any atom is -0.534 e. The van der Waals surface area contributed by atoms with Gasteiger partial charge in [0.1, 0.15) is 5.75 Å². The molecule has 1 heterocycles. The van der Waals surface area contributed by atoms with E-state index in [1.54, 1.807) is 12.1 Å². The largest absolute Gasteiger partial charge is 0.547 e. The first-order valence-electron chi connectivity index (χ1n) is 9.93. The molecule has 0 aromatic heterocycles. The van der Waals surface area contributed by atoms with E-state index >= 15 is 0 Å². The Balaban J connectivity index is 1.47. The van der Waals surface area contributed by atoms with Crippen molar-refractivity contribution in [2.24, 2.45) is 11.7 Å². The molecule has 7 N–H and O–H groups in total. The van der Waals surface area contributed by atoms with Gasteiger partial charge in [-0.15, -0.1) is 0 Å². The lowest BCUT2D eigenvalue weighted by molar-refractivity contribution is -0.121. The number of carbonyl (C=O) groups is 2. The van der Waals surface area contributed by atoms with Crippen LogP contribution in [0, 0.1) is 11.3 Å². The van der Waals surface area contributed by atoms with Crippen LogP contribution in [0.2, 0.25) is 0 Å². The van der Waals surface area contributed by atoms with Crippen LogP contribution in [0.4, 0.5) is 0 Å². The zero-order valence-electron chi connectivity index (χ0n) is 16.2. The molecule has 156 valence electrons. The molecule has 0 unspecified atom stereocenters. The molecule has 10 heteroatoms. The summed E-state index contributed by atoms with van der Waals surface area (Å²) in [6.45, 7) is 0. The molecule has 9 nitrogen and oxygen atoms in total.